The van der Waals surface area contributed by atoms with Gasteiger partial charge >= 0.3 is 5.97 Å². The molecular formula is C17H32N2O2. The molecule has 1 saturated heterocycles. The number of likely N-dealkylation sites (N-methyl/N-ethyl adjacent to an activating group) is 1. The largest absolute Gasteiger partial charge is 0.465 e. The molecule has 0 spiro atoms. The van der Waals surface area contributed by atoms with Crippen molar-refractivity contribution in [2.75, 3.05) is 26.7 Å². The zero-order valence-electron chi connectivity index (χ0n) is 14.2. The molecule has 4 heteroatoms. The third-order valence-electron chi connectivity index (χ3n) is 6.12. The van der Waals surface area contributed by atoms with Gasteiger partial charge in [0.25, 0.3) is 0 Å². The molecule has 1 saturated carbocycles. The quantitative estimate of drug-likeness (QED) is 0.765. The van der Waals surface area contributed by atoms with Gasteiger partial charge in [0.2, 0.25) is 0 Å². The van der Waals surface area contributed by atoms with Gasteiger partial charge in [-0.15, -0.1) is 0 Å². The van der Waals surface area contributed by atoms with Crippen molar-refractivity contribution in [3.8, 4) is 0 Å². The Morgan fingerprint density at radius 1 is 1.29 bits per heavy atom. The second kappa shape index (κ2) is 6.66. The summed E-state index contributed by atoms with van der Waals surface area (Å²) in [5, 5.41) is 3.26. The number of esters is 1. The van der Waals surface area contributed by atoms with Crippen LogP contribution in [0.3, 0.4) is 0 Å². The molecule has 4 nitrogen and oxygen atoms in total. The Hall–Kier alpha value is -0.610. The fraction of sp³-hybridized carbons (Fsp3) is 0.941. The highest BCUT2D eigenvalue weighted by Crippen LogP contribution is 2.42. The van der Waals surface area contributed by atoms with Crippen molar-refractivity contribution in [1.82, 2.24) is 10.2 Å². The van der Waals surface area contributed by atoms with Crippen molar-refractivity contribution in [2.24, 2.45) is 5.41 Å². The Balaban J connectivity index is 2.00. The Labute approximate surface area is 129 Å². The van der Waals surface area contributed by atoms with E-state index in [1.54, 1.807) is 0 Å². The van der Waals surface area contributed by atoms with Crippen molar-refractivity contribution in [3.63, 3.8) is 0 Å². The molecule has 0 aromatic rings. The smallest absolute Gasteiger partial charge is 0.326 e. The third kappa shape index (κ3) is 3.11. The molecule has 1 N–H and O–H groups in total. The standard InChI is InChI=1S/C17H32N2O2/c1-5-16(6-2)10-11-19(13-16)14-8-9-17(12-14,18-4)15(20)21-7-3/h14,18H,5-13H2,1-4H3. The summed E-state index contributed by atoms with van der Waals surface area (Å²) < 4.78 is 5.29. The monoisotopic (exact) mass is 296 g/mol. The van der Waals surface area contributed by atoms with E-state index < -0.39 is 5.54 Å². The van der Waals surface area contributed by atoms with Crippen LogP contribution in [0, 0.1) is 5.41 Å². The van der Waals surface area contributed by atoms with Gasteiger partial charge in [-0.05, 0) is 64.5 Å². The molecule has 2 atom stereocenters. The molecule has 2 aliphatic rings. The Bertz CT molecular complexity index is 368. The lowest BCUT2D eigenvalue weighted by molar-refractivity contribution is -0.151. The van der Waals surface area contributed by atoms with E-state index in [4.69, 9.17) is 4.74 Å². The van der Waals surface area contributed by atoms with Gasteiger partial charge in [-0.3, -0.25) is 9.69 Å². The first-order chi connectivity index (χ1) is 10.0. The Morgan fingerprint density at radius 2 is 2.00 bits per heavy atom. The summed E-state index contributed by atoms with van der Waals surface area (Å²) in [6.07, 6.45) is 6.73. The number of nitrogens with one attached hydrogen (secondary N) is 1. The van der Waals surface area contributed by atoms with Crippen molar-refractivity contribution < 1.29 is 9.53 Å². The maximum atomic E-state index is 12.3. The van der Waals surface area contributed by atoms with Crippen molar-refractivity contribution in [3.05, 3.63) is 0 Å². The van der Waals surface area contributed by atoms with E-state index in [9.17, 15) is 4.79 Å². The highest BCUT2D eigenvalue weighted by Gasteiger charge is 2.49. The van der Waals surface area contributed by atoms with Crippen LogP contribution < -0.4 is 5.32 Å². The van der Waals surface area contributed by atoms with Gasteiger partial charge in [-0.1, -0.05) is 13.8 Å². The second-order valence-corrected chi connectivity index (χ2v) is 6.88. The molecule has 1 aliphatic heterocycles. The van der Waals surface area contributed by atoms with Gasteiger partial charge < -0.3 is 10.1 Å². The lowest BCUT2D eigenvalue weighted by Crippen LogP contribution is -2.50. The summed E-state index contributed by atoms with van der Waals surface area (Å²) in [5.41, 5.74) is 0.0547. The predicted molar refractivity (Wildman–Crippen MR) is 85.3 cm³/mol. The van der Waals surface area contributed by atoms with Crippen LogP contribution in [0.1, 0.15) is 59.3 Å². The minimum Gasteiger partial charge on any atom is -0.465 e. The maximum Gasteiger partial charge on any atom is 0.326 e. The van der Waals surface area contributed by atoms with E-state index in [1.165, 1.54) is 32.4 Å². The van der Waals surface area contributed by atoms with Gasteiger partial charge in [0.05, 0.1) is 6.61 Å². The molecule has 0 aromatic carbocycles. The summed E-state index contributed by atoms with van der Waals surface area (Å²) in [5.74, 6) is -0.0635. The maximum absolute atomic E-state index is 12.3. The topological polar surface area (TPSA) is 41.6 Å². The molecule has 1 heterocycles. The number of nitrogens with zero attached hydrogens (tertiary/aromatic N) is 1. The molecule has 2 fully saturated rings. The summed E-state index contributed by atoms with van der Waals surface area (Å²) >= 11 is 0. The lowest BCUT2D eigenvalue weighted by atomic mass is 9.82. The first kappa shape index (κ1) is 16.8. The lowest BCUT2D eigenvalue weighted by Gasteiger charge is -2.31. The van der Waals surface area contributed by atoms with Crippen LogP contribution in [-0.4, -0.2) is 49.2 Å². The molecule has 0 bridgehead atoms. The van der Waals surface area contributed by atoms with Crippen LogP contribution in [0.2, 0.25) is 0 Å². The van der Waals surface area contributed by atoms with Crippen LogP contribution in [0.25, 0.3) is 0 Å². The molecule has 0 aromatic heterocycles. The first-order valence-corrected chi connectivity index (χ1v) is 8.65. The number of ether oxygens (including phenoxy) is 1. The highest BCUT2D eigenvalue weighted by molar-refractivity contribution is 5.81. The molecule has 0 amide bonds. The van der Waals surface area contributed by atoms with Gasteiger partial charge in [-0.2, -0.15) is 0 Å². The Kier molecular flexibility index (Phi) is 5.31. The third-order valence-corrected chi connectivity index (χ3v) is 6.12. The molecular weight excluding hydrogens is 264 g/mol. The van der Waals surface area contributed by atoms with E-state index in [-0.39, 0.29) is 5.97 Å². The van der Waals surface area contributed by atoms with Crippen LogP contribution in [0.15, 0.2) is 0 Å². The number of likely N-dealkylation sites (tertiary alicyclic amines) is 1. The molecule has 0 radical (unpaired) electrons. The molecule has 21 heavy (non-hydrogen) atoms. The van der Waals surface area contributed by atoms with Crippen LogP contribution in [-0.2, 0) is 9.53 Å². The van der Waals surface area contributed by atoms with E-state index in [0.717, 1.165) is 19.3 Å². The normalized spacial score (nSPS) is 32.5. The highest BCUT2D eigenvalue weighted by atomic mass is 16.5. The fourth-order valence-electron chi connectivity index (χ4n) is 4.22. The molecule has 2 rings (SSSR count). The Morgan fingerprint density at radius 3 is 2.52 bits per heavy atom. The SMILES string of the molecule is CCOC(=O)C1(NC)CCC(N2CCC(CC)(CC)C2)C1. The number of carbonyl (C=O) groups excluding carboxylic acids is 1. The van der Waals surface area contributed by atoms with Crippen molar-refractivity contribution in [1.29, 1.82) is 0 Å². The van der Waals surface area contributed by atoms with Crippen LogP contribution >= 0.6 is 0 Å². The van der Waals surface area contributed by atoms with Crippen molar-refractivity contribution in [2.45, 2.75) is 70.9 Å². The molecule has 1 aliphatic carbocycles. The number of rotatable bonds is 6. The zero-order chi connectivity index (χ0) is 15.5. The van der Waals surface area contributed by atoms with E-state index in [1.807, 2.05) is 14.0 Å². The number of hydrogen-bond donors (Lipinski definition) is 1. The van der Waals surface area contributed by atoms with Crippen LogP contribution in [0.5, 0.6) is 0 Å². The van der Waals surface area contributed by atoms with E-state index >= 15 is 0 Å². The average molecular weight is 296 g/mol. The van der Waals surface area contributed by atoms with Gasteiger partial charge in [0.1, 0.15) is 5.54 Å². The van der Waals surface area contributed by atoms with Crippen molar-refractivity contribution >= 4 is 5.97 Å². The molecule has 122 valence electrons. The fourth-order valence-corrected chi connectivity index (χ4v) is 4.22. The number of hydrogen-bond acceptors (Lipinski definition) is 4. The second-order valence-electron chi connectivity index (χ2n) is 6.88. The predicted octanol–water partition coefficient (Wildman–Crippen LogP) is 2.57. The van der Waals surface area contributed by atoms with Gasteiger partial charge in [-0.25, -0.2) is 0 Å². The van der Waals surface area contributed by atoms with E-state index in [2.05, 4.69) is 24.1 Å². The zero-order valence-corrected chi connectivity index (χ0v) is 14.2. The summed E-state index contributed by atoms with van der Waals surface area (Å²) in [6.45, 7) is 9.37. The van der Waals surface area contributed by atoms with E-state index in [0.29, 0.717) is 18.1 Å². The van der Waals surface area contributed by atoms with Gasteiger partial charge in [0.15, 0.2) is 0 Å². The summed E-state index contributed by atoms with van der Waals surface area (Å²) in [4.78, 5) is 14.9. The van der Waals surface area contributed by atoms with Crippen LogP contribution in [0.4, 0.5) is 0 Å². The minimum atomic E-state index is -0.454. The minimum absolute atomic E-state index is 0.0635. The average Bonchev–Trinajstić information content (AvgIpc) is 3.13. The number of carbonyl (C=O) groups is 1. The van der Waals surface area contributed by atoms with Gasteiger partial charge in [0, 0.05) is 12.6 Å². The molecule has 2 unspecified atom stereocenters. The summed E-state index contributed by atoms with van der Waals surface area (Å²) in [7, 11) is 1.89. The first-order valence-electron chi connectivity index (χ1n) is 8.65. The summed E-state index contributed by atoms with van der Waals surface area (Å²) in [6, 6.07) is 0.529.